The number of ketones is 2. The average Bonchev–Trinajstić information content (AvgIpc) is 3.93. The fourth-order valence-corrected chi connectivity index (χ4v) is 9.53. The Morgan fingerprint density at radius 2 is 1.81 bits per heavy atom. The number of rotatable bonds is 10. The molecule has 2 amide bonds. The molecule has 322 valence electrons. The number of aliphatic hydroxyl groups excluding tert-OH is 1. The Morgan fingerprint density at radius 3 is 2.45 bits per heavy atom. The molecule has 2 aromatic rings. The first-order chi connectivity index (χ1) is 27.1. The van der Waals surface area contributed by atoms with E-state index in [1.165, 1.54) is 38.6 Å². The molecule has 18 heteroatoms. The van der Waals surface area contributed by atoms with Gasteiger partial charge in [0.1, 0.15) is 29.9 Å². The largest absolute Gasteiger partial charge is 0.455 e. The second kappa shape index (κ2) is 17.8. The minimum Gasteiger partial charge on any atom is -0.455 e. The number of alkyl halides is 1. The number of fused-ring (bicyclic) bond motifs is 1. The highest BCUT2D eigenvalue weighted by Gasteiger charge is 2.59. The van der Waals surface area contributed by atoms with E-state index in [0.29, 0.717) is 12.1 Å². The highest BCUT2D eigenvalue weighted by Crippen LogP contribution is 2.41. The smallest absolute Gasteiger partial charge is 0.408 e. The lowest BCUT2D eigenvalue weighted by Crippen LogP contribution is -2.61. The van der Waals surface area contributed by atoms with E-state index in [0.717, 1.165) is 16.7 Å². The summed E-state index contributed by atoms with van der Waals surface area (Å²) in [5.41, 5.74) is -5.87. The number of aliphatic hydroxyl groups is 1. The number of cyclic esters (lactones) is 1. The lowest BCUT2D eigenvalue weighted by Gasteiger charge is -2.47. The third kappa shape index (κ3) is 9.31. The molecule has 13 atom stereocenters. The molecule has 16 nitrogen and oxygen atoms in total. The number of carbonyl (C=O) groups excluding carboxylic acids is 5. The van der Waals surface area contributed by atoms with E-state index < -0.39 is 83.1 Å². The summed E-state index contributed by atoms with van der Waals surface area (Å²) in [7, 11) is 4.97. The number of aromatic nitrogens is 1. The average molecular weight is 837 g/mol. The summed E-state index contributed by atoms with van der Waals surface area (Å²) in [6.07, 6.45) is -4.80. The van der Waals surface area contributed by atoms with E-state index in [-0.39, 0.29) is 49.6 Å². The van der Waals surface area contributed by atoms with Gasteiger partial charge in [0.25, 0.3) is 5.67 Å². The van der Waals surface area contributed by atoms with Crippen LogP contribution in [0.5, 0.6) is 0 Å². The summed E-state index contributed by atoms with van der Waals surface area (Å²) in [6.45, 7) is 10.2. The summed E-state index contributed by atoms with van der Waals surface area (Å²) >= 11 is 1.36. The van der Waals surface area contributed by atoms with Crippen molar-refractivity contribution < 1.29 is 61.7 Å². The SMILES string of the molecule is CO[C@]1(C)C[C@@H](C)C(=O)[C@H](C)[C@H]2NC(=O)O[C@]2(C)[C@@H](CCNC(=O)Cc2ccc(-c3ccon3)s2)OC(=O)[C@@](C)(F)C(=O)[C@H](C)[C@H]1OC1OC(C)CC(N(C)C)C1O. The van der Waals surface area contributed by atoms with Crippen molar-refractivity contribution in [1.29, 1.82) is 0 Å². The van der Waals surface area contributed by atoms with Crippen LogP contribution < -0.4 is 10.6 Å². The van der Waals surface area contributed by atoms with Crippen molar-refractivity contribution in [2.24, 2.45) is 17.8 Å². The Labute approximate surface area is 341 Å². The Morgan fingerprint density at radius 1 is 1.10 bits per heavy atom. The van der Waals surface area contributed by atoms with E-state index in [1.54, 1.807) is 47.0 Å². The molecule has 5 heterocycles. The van der Waals surface area contributed by atoms with Gasteiger partial charge in [-0.3, -0.25) is 14.4 Å². The number of ether oxygens (including phenoxy) is 5. The van der Waals surface area contributed by atoms with Crippen LogP contribution in [0.3, 0.4) is 0 Å². The van der Waals surface area contributed by atoms with Crippen molar-refractivity contribution in [2.75, 3.05) is 27.7 Å². The van der Waals surface area contributed by atoms with E-state index in [1.807, 2.05) is 17.9 Å². The van der Waals surface area contributed by atoms with E-state index in [4.69, 9.17) is 28.2 Å². The predicted molar refractivity (Wildman–Crippen MR) is 207 cm³/mol. The van der Waals surface area contributed by atoms with Gasteiger partial charge < -0.3 is 48.8 Å². The van der Waals surface area contributed by atoms with Crippen LogP contribution in [0.15, 0.2) is 29.0 Å². The number of nitrogens with zero attached hydrogens (tertiary/aromatic N) is 2. The second-order valence-electron chi connectivity index (χ2n) is 16.7. The highest BCUT2D eigenvalue weighted by atomic mass is 32.1. The molecular weight excluding hydrogens is 780 g/mol. The molecule has 0 aliphatic carbocycles. The zero-order valence-corrected chi connectivity index (χ0v) is 35.6. The molecule has 3 aliphatic rings. The van der Waals surface area contributed by atoms with Crippen molar-refractivity contribution in [1.82, 2.24) is 20.7 Å². The van der Waals surface area contributed by atoms with Crippen molar-refractivity contribution >= 4 is 40.9 Å². The van der Waals surface area contributed by atoms with Crippen LogP contribution in [0.2, 0.25) is 0 Å². The van der Waals surface area contributed by atoms with E-state index in [9.17, 15) is 29.1 Å². The molecule has 0 saturated carbocycles. The van der Waals surface area contributed by atoms with Crippen LogP contribution >= 0.6 is 11.3 Å². The molecule has 3 saturated heterocycles. The number of nitrogens with one attached hydrogen (secondary N) is 2. The van der Waals surface area contributed by atoms with Gasteiger partial charge in [0.05, 0.1) is 35.1 Å². The van der Waals surface area contributed by atoms with Gasteiger partial charge in [-0.2, -0.15) is 0 Å². The number of carbonyl (C=O) groups is 5. The molecule has 2 aromatic heterocycles. The highest BCUT2D eigenvalue weighted by molar-refractivity contribution is 7.15. The van der Waals surface area contributed by atoms with Crippen molar-refractivity contribution in [2.45, 2.75) is 134 Å². The maximum absolute atomic E-state index is 17.0. The molecular formula is C40H57FN4O12S. The van der Waals surface area contributed by atoms with Crippen LogP contribution in [-0.4, -0.2) is 132 Å². The normalized spacial score (nSPS) is 37.7. The van der Waals surface area contributed by atoms with Gasteiger partial charge in [0.2, 0.25) is 5.91 Å². The zero-order valence-electron chi connectivity index (χ0n) is 34.7. The maximum atomic E-state index is 17.0. The minimum absolute atomic E-state index is 0.0169. The molecule has 0 aromatic carbocycles. The van der Waals surface area contributed by atoms with Gasteiger partial charge in [-0.15, -0.1) is 11.3 Å². The summed E-state index contributed by atoms with van der Waals surface area (Å²) in [4.78, 5) is 72.0. The van der Waals surface area contributed by atoms with Gasteiger partial charge >= 0.3 is 12.1 Å². The molecule has 4 unspecified atom stereocenters. The first-order valence-electron chi connectivity index (χ1n) is 19.6. The lowest BCUT2D eigenvalue weighted by molar-refractivity contribution is -0.295. The van der Waals surface area contributed by atoms with Crippen LogP contribution in [-0.2, 0) is 49.3 Å². The fourth-order valence-electron chi connectivity index (χ4n) is 8.56. The van der Waals surface area contributed by atoms with Gasteiger partial charge in [0.15, 0.2) is 17.7 Å². The molecule has 5 rings (SSSR count). The van der Waals surface area contributed by atoms with Crippen LogP contribution in [0, 0.1) is 17.8 Å². The number of methoxy groups -OCH3 is 1. The maximum Gasteiger partial charge on any atom is 0.408 e. The first-order valence-corrected chi connectivity index (χ1v) is 20.4. The number of hydrogen-bond donors (Lipinski definition) is 3. The number of likely N-dealkylation sites (N-methyl/N-ethyl adjacent to an activating group) is 1. The van der Waals surface area contributed by atoms with Gasteiger partial charge in [-0.1, -0.05) is 25.9 Å². The lowest BCUT2D eigenvalue weighted by atomic mass is 9.73. The van der Waals surface area contributed by atoms with Crippen LogP contribution in [0.4, 0.5) is 9.18 Å². The molecule has 0 bridgehead atoms. The Balaban J connectivity index is 1.45. The Bertz CT molecular complexity index is 1810. The molecule has 0 radical (unpaired) electrons. The fraction of sp³-hybridized carbons (Fsp3) is 0.700. The second-order valence-corrected chi connectivity index (χ2v) is 17.8. The topological polar surface area (TPSA) is 205 Å². The summed E-state index contributed by atoms with van der Waals surface area (Å²) in [6, 6.07) is 3.85. The summed E-state index contributed by atoms with van der Waals surface area (Å²) < 4.78 is 51.9. The Hall–Kier alpha value is -3.81. The number of halogens is 1. The number of amides is 2. The number of Topliss-reactive ketones (excluding diaryl/α,β-unsaturated/α-hetero) is 2. The number of esters is 1. The minimum atomic E-state index is -3.28. The van der Waals surface area contributed by atoms with Crippen molar-refractivity contribution in [3.8, 4) is 10.6 Å². The first kappa shape index (κ1) is 45.3. The van der Waals surface area contributed by atoms with Crippen LogP contribution in [0.25, 0.3) is 10.6 Å². The summed E-state index contributed by atoms with van der Waals surface area (Å²) in [5, 5.41) is 20.8. The molecule has 0 spiro atoms. The number of thiophene rings is 1. The molecule has 58 heavy (non-hydrogen) atoms. The zero-order chi connectivity index (χ0) is 42.9. The number of alkyl carbamates (subject to hydrolysis) is 1. The molecule has 3 fully saturated rings. The monoisotopic (exact) mass is 836 g/mol. The Kier molecular flexibility index (Phi) is 13.9. The van der Waals surface area contributed by atoms with Crippen LogP contribution in [0.1, 0.15) is 72.6 Å². The standard InChI is InChI=1S/C40H57FN4O12S/c1-20-19-38(5,52-10)34(56-35-31(48)26(45(8)9)17-21(2)54-35)23(4)33(49)39(6,41)36(50)55-28(40(7)32(22(3)30(20)47)43-37(51)57-40)13-15-42-29(46)18-24-11-12-27(58-24)25-14-16-53-44-25/h11-12,14,16,20-23,26,28,31-32,34-35,48H,13,15,17-19H2,1-10H3,(H,42,46)(H,43,51)/t20-,21?,22+,23+,26?,28-,31?,32-,34-,35?,38-,39+,40-/m1/s1. The molecule has 3 N–H and O–H groups in total. The van der Waals surface area contributed by atoms with Crippen molar-refractivity contribution in [3.63, 3.8) is 0 Å². The van der Waals surface area contributed by atoms with E-state index in [2.05, 4.69) is 15.8 Å². The molecule has 3 aliphatic heterocycles. The number of hydrogen-bond acceptors (Lipinski definition) is 15. The predicted octanol–water partition coefficient (Wildman–Crippen LogP) is 3.63. The third-order valence-corrected chi connectivity index (χ3v) is 13.1. The summed E-state index contributed by atoms with van der Waals surface area (Å²) in [5.74, 6) is -6.62. The van der Waals surface area contributed by atoms with Gasteiger partial charge in [-0.05, 0) is 66.8 Å². The third-order valence-electron chi connectivity index (χ3n) is 12.0. The quantitative estimate of drug-likeness (QED) is 0.231. The van der Waals surface area contributed by atoms with Gasteiger partial charge in [-0.25, -0.2) is 14.0 Å². The van der Waals surface area contributed by atoms with Gasteiger partial charge in [0, 0.05) is 54.8 Å². The van der Waals surface area contributed by atoms with E-state index >= 15 is 4.39 Å². The van der Waals surface area contributed by atoms with Crippen molar-refractivity contribution in [3.05, 3.63) is 29.3 Å².